The summed E-state index contributed by atoms with van der Waals surface area (Å²) in [5, 5.41) is 2.96. The van der Waals surface area contributed by atoms with Crippen molar-refractivity contribution in [3.8, 4) is 0 Å². The van der Waals surface area contributed by atoms with Crippen LogP contribution in [-0.2, 0) is 20.5 Å². The highest BCUT2D eigenvalue weighted by molar-refractivity contribution is 7.88. The molecule has 0 atom stereocenters. The van der Waals surface area contributed by atoms with E-state index in [9.17, 15) is 17.6 Å². The topological polar surface area (TPSA) is 79.0 Å². The summed E-state index contributed by atoms with van der Waals surface area (Å²) in [5.41, 5.74) is 1.73. The number of nitrogens with zero attached hydrogens (tertiary/aromatic N) is 2. The van der Waals surface area contributed by atoms with Gasteiger partial charge in [0.05, 0.1) is 11.4 Å². The number of hydrogen-bond donors (Lipinski definition) is 1. The number of amides is 1. The lowest BCUT2D eigenvalue weighted by atomic mass is 9.97. The van der Waals surface area contributed by atoms with Gasteiger partial charge in [0, 0.05) is 37.8 Å². The molecule has 2 saturated heterocycles. The minimum atomic E-state index is -3.50. The normalized spacial score (nSPS) is 18.2. The number of likely N-dealkylation sites (tertiary alicyclic amines) is 1. The molecule has 32 heavy (non-hydrogen) atoms. The number of benzene rings is 1. The summed E-state index contributed by atoms with van der Waals surface area (Å²) in [5.74, 6) is -0.739. The molecule has 0 radical (unpaired) electrons. The molecule has 1 N–H and O–H groups in total. The molecule has 9 heteroatoms. The Morgan fingerprint density at radius 1 is 1.25 bits per heavy atom. The van der Waals surface area contributed by atoms with E-state index in [1.165, 1.54) is 22.5 Å². The molecular weight excluding hydrogens is 433 g/mol. The molecule has 0 bridgehead atoms. The average Bonchev–Trinajstić information content (AvgIpc) is 2.62. The van der Waals surface area contributed by atoms with Crippen molar-refractivity contribution in [1.29, 1.82) is 0 Å². The highest BCUT2D eigenvalue weighted by atomic mass is 32.2. The van der Waals surface area contributed by atoms with Crippen LogP contribution >= 0.6 is 0 Å². The molecule has 0 aliphatic carbocycles. The molecule has 3 rings (SSSR count). The summed E-state index contributed by atoms with van der Waals surface area (Å²) in [6.07, 6.45) is 0.940. The maximum atomic E-state index is 14.4. The fraction of sp³-hybridized carbons (Fsp3) is 0.522. The lowest BCUT2D eigenvalue weighted by molar-refractivity contribution is 0.00386. The minimum absolute atomic E-state index is 0.0456. The number of piperidine rings is 1. The van der Waals surface area contributed by atoms with Crippen molar-refractivity contribution >= 4 is 21.8 Å². The lowest BCUT2D eigenvalue weighted by Crippen LogP contribution is -2.52. The molecule has 2 heterocycles. The number of sulfonamides is 1. The summed E-state index contributed by atoms with van der Waals surface area (Å²) in [6.45, 7) is 15.0. The van der Waals surface area contributed by atoms with Gasteiger partial charge in [0.1, 0.15) is 11.4 Å². The van der Waals surface area contributed by atoms with Crippen LogP contribution in [0.2, 0.25) is 0 Å². The Morgan fingerprint density at radius 2 is 1.88 bits per heavy atom. The van der Waals surface area contributed by atoms with Gasteiger partial charge in [-0.15, -0.1) is 0 Å². The number of anilines is 1. The van der Waals surface area contributed by atoms with Crippen LogP contribution in [0.5, 0.6) is 0 Å². The first-order valence-corrected chi connectivity index (χ1v) is 12.3. The maximum Gasteiger partial charge on any atom is 0.410 e. The fourth-order valence-electron chi connectivity index (χ4n) is 3.59. The minimum Gasteiger partial charge on any atom is -0.444 e. The average molecular weight is 466 g/mol. The largest absolute Gasteiger partial charge is 0.444 e. The van der Waals surface area contributed by atoms with Crippen LogP contribution in [0, 0.1) is 11.7 Å². The van der Waals surface area contributed by atoms with Crippen molar-refractivity contribution < 1.29 is 22.3 Å². The molecule has 0 spiro atoms. The van der Waals surface area contributed by atoms with Crippen molar-refractivity contribution in [2.24, 2.45) is 5.92 Å². The fourth-order valence-corrected chi connectivity index (χ4v) is 5.11. The van der Waals surface area contributed by atoms with Gasteiger partial charge in [-0.1, -0.05) is 24.8 Å². The molecule has 1 amide bonds. The smallest absolute Gasteiger partial charge is 0.410 e. The zero-order chi connectivity index (χ0) is 23.7. The third kappa shape index (κ3) is 6.10. The number of halogens is 1. The Morgan fingerprint density at radius 3 is 2.47 bits per heavy atom. The Bertz CT molecular complexity index is 1000. The van der Waals surface area contributed by atoms with E-state index in [-0.39, 0.29) is 23.5 Å². The molecule has 2 aliphatic heterocycles. The molecule has 0 aromatic heterocycles. The van der Waals surface area contributed by atoms with E-state index in [1.807, 2.05) is 0 Å². The summed E-state index contributed by atoms with van der Waals surface area (Å²) in [7, 11) is -3.50. The molecule has 0 saturated carbocycles. The van der Waals surface area contributed by atoms with Gasteiger partial charge < -0.3 is 15.0 Å². The Kier molecular flexibility index (Phi) is 7.00. The monoisotopic (exact) mass is 465 g/mol. The Labute approximate surface area is 190 Å². The molecule has 0 unspecified atom stereocenters. The van der Waals surface area contributed by atoms with Gasteiger partial charge in [-0.2, -0.15) is 0 Å². The van der Waals surface area contributed by atoms with Crippen molar-refractivity contribution in [3.05, 3.63) is 54.0 Å². The second-order valence-corrected chi connectivity index (χ2v) is 11.4. The molecule has 2 fully saturated rings. The van der Waals surface area contributed by atoms with Gasteiger partial charge in [-0.05, 0) is 51.3 Å². The van der Waals surface area contributed by atoms with Crippen LogP contribution in [0.3, 0.4) is 0 Å². The quantitative estimate of drug-likeness (QED) is 0.640. The Balaban J connectivity index is 1.59. The third-order valence-electron chi connectivity index (χ3n) is 5.52. The molecular formula is C23H32FN3O4S. The molecule has 2 aliphatic rings. The number of rotatable bonds is 6. The summed E-state index contributed by atoms with van der Waals surface area (Å²) in [4.78, 5) is 13.6. The van der Waals surface area contributed by atoms with E-state index in [1.54, 1.807) is 25.7 Å². The van der Waals surface area contributed by atoms with E-state index < -0.39 is 21.4 Å². The van der Waals surface area contributed by atoms with Gasteiger partial charge >= 0.3 is 6.09 Å². The molecule has 1 aromatic rings. The van der Waals surface area contributed by atoms with Crippen molar-refractivity contribution in [2.75, 3.05) is 31.5 Å². The Hall–Kier alpha value is -2.39. The summed E-state index contributed by atoms with van der Waals surface area (Å²) in [6, 6.07) is 4.24. The van der Waals surface area contributed by atoms with Crippen LogP contribution in [0.4, 0.5) is 14.9 Å². The van der Waals surface area contributed by atoms with Gasteiger partial charge in [0.15, 0.2) is 0 Å². The second-order valence-electron chi connectivity index (χ2n) is 9.45. The van der Waals surface area contributed by atoms with Crippen molar-refractivity contribution in [1.82, 2.24) is 9.21 Å². The van der Waals surface area contributed by atoms with Crippen LogP contribution < -0.4 is 5.32 Å². The van der Waals surface area contributed by atoms with Crippen LogP contribution in [0.15, 0.2) is 42.6 Å². The van der Waals surface area contributed by atoms with Crippen LogP contribution in [-0.4, -0.2) is 55.5 Å². The zero-order valence-electron chi connectivity index (χ0n) is 19.0. The summed E-state index contributed by atoms with van der Waals surface area (Å²) >= 11 is 0. The maximum absolute atomic E-state index is 14.4. The lowest BCUT2D eigenvalue weighted by Gasteiger charge is -2.40. The highest BCUT2D eigenvalue weighted by Gasteiger charge is 2.35. The number of hydrogen-bond acceptors (Lipinski definition) is 5. The molecule has 176 valence electrons. The predicted molar refractivity (Wildman–Crippen MR) is 123 cm³/mol. The van der Waals surface area contributed by atoms with Gasteiger partial charge in [0.2, 0.25) is 10.0 Å². The van der Waals surface area contributed by atoms with Crippen molar-refractivity contribution in [3.63, 3.8) is 0 Å². The number of carbonyl (C=O) groups is 1. The van der Waals surface area contributed by atoms with Gasteiger partial charge in [0.25, 0.3) is 0 Å². The van der Waals surface area contributed by atoms with Crippen molar-refractivity contribution in [2.45, 2.75) is 45.0 Å². The molecule has 7 nitrogen and oxygen atoms in total. The van der Waals surface area contributed by atoms with Crippen LogP contribution in [0.25, 0.3) is 0 Å². The van der Waals surface area contributed by atoms with Gasteiger partial charge in [-0.25, -0.2) is 21.9 Å². The zero-order valence-corrected chi connectivity index (χ0v) is 19.8. The molecule has 1 aromatic carbocycles. The van der Waals surface area contributed by atoms with E-state index >= 15 is 0 Å². The first-order chi connectivity index (χ1) is 14.8. The number of ether oxygens (including phenoxy) is 1. The first kappa shape index (κ1) is 24.3. The van der Waals surface area contributed by atoms with Crippen LogP contribution in [0.1, 0.15) is 39.2 Å². The SMILES string of the molecule is C=C1CCN(S(=O)(=O)Cc2ccc(F)c(NC(=C)C3CN(C(=O)OC(C)(C)C)C3)c2)CC1. The number of carbonyl (C=O) groups excluding carboxylic acids is 1. The summed E-state index contributed by atoms with van der Waals surface area (Å²) < 4.78 is 46.7. The number of nitrogens with one attached hydrogen (secondary N) is 1. The standard InChI is InChI=1S/C23H32FN3O4S/c1-16-8-10-27(11-9-16)32(29,30)15-18-6-7-20(24)21(12-18)25-17(2)19-13-26(14-19)22(28)31-23(3,4)5/h6-7,12,19,25H,1-2,8-11,13-15H2,3-5H3. The van der Waals surface area contributed by atoms with E-state index in [0.717, 1.165) is 5.57 Å². The van der Waals surface area contributed by atoms with E-state index in [0.29, 0.717) is 50.3 Å². The highest BCUT2D eigenvalue weighted by Crippen LogP contribution is 2.28. The van der Waals surface area contributed by atoms with E-state index in [4.69, 9.17) is 4.74 Å². The first-order valence-electron chi connectivity index (χ1n) is 10.7. The van der Waals surface area contributed by atoms with E-state index in [2.05, 4.69) is 18.5 Å². The van der Waals surface area contributed by atoms with Gasteiger partial charge in [-0.3, -0.25) is 0 Å². The third-order valence-corrected chi connectivity index (χ3v) is 7.37. The predicted octanol–water partition coefficient (Wildman–Crippen LogP) is 4.10. The second kappa shape index (κ2) is 9.23.